The molecule has 34 heavy (non-hydrogen) atoms. The van der Waals surface area contributed by atoms with E-state index in [1.807, 2.05) is 6.92 Å². The molecule has 1 aliphatic heterocycles. The molecule has 1 aliphatic rings. The van der Waals surface area contributed by atoms with Gasteiger partial charge < -0.3 is 24.2 Å². The third-order valence-corrected chi connectivity index (χ3v) is 7.93. The summed E-state index contributed by atoms with van der Waals surface area (Å²) in [5.74, 6) is 0.630. The number of aliphatic hydroxyl groups excluding tert-OH is 1. The number of hydrogen-bond acceptors (Lipinski definition) is 7. The van der Waals surface area contributed by atoms with Crippen molar-refractivity contribution < 1.29 is 32.5 Å². The average Bonchev–Trinajstić information content (AvgIpc) is 3.33. The van der Waals surface area contributed by atoms with Crippen LogP contribution in [0.3, 0.4) is 0 Å². The number of fused-ring (bicyclic) bond motifs is 1. The van der Waals surface area contributed by atoms with Gasteiger partial charge in [0.25, 0.3) is 5.91 Å². The normalized spacial score (nSPS) is 15.7. The highest BCUT2D eigenvalue weighted by Crippen LogP contribution is 2.32. The molecular weight excluding hydrogens is 460 g/mol. The summed E-state index contributed by atoms with van der Waals surface area (Å²) in [6, 6.07) is 12.5. The van der Waals surface area contributed by atoms with Crippen molar-refractivity contribution in [3.8, 4) is 11.5 Å². The maximum Gasteiger partial charge on any atom is 0.253 e. The summed E-state index contributed by atoms with van der Waals surface area (Å²) in [4.78, 5) is 14.7. The third-order valence-electron chi connectivity index (χ3n) is 5.93. The second-order valence-electron chi connectivity index (χ2n) is 8.42. The monoisotopic (exact) mass is 492 g/mol. The Morgan fingerprint density at radius 1 is 1.09 bits per heavy atom. The lowest BCUT2D eigenvalue weighted by atomic mass is 10.0. The lowest BCUT2D eigenvalue weighted by molar-refractivity contribution is 0.0221. The molecule has 1 amide bonds. The van der Waals surface area contributed by atoms with Gasteiger partial charge in [-0.2, -0.15) is 4.31 Å². The number of likely N-dealkylation sites (N-methyl/N-ethyl adjacent to an activating group) is 1. The number of ether oxygens (including phenoxy) is 3. The summed E-state index contributed by atoms with van der Waals surface area (Å²) in [7, 11) is -0.631. The zero-order chi connectivity index (χ0) is 24.9. The average molecular weight is 493 g/mol. The van der Waals surface area contributed by atoms with E-state index in [1.165, 1.54) is 28.4 Å². The zero-order valence-corrected chi connectivity index (χ0v) is 20.7. The standard InChI is InChI=1S/C24H32N2O7S/c1-17(13-26(18(2)15-27)34(29,30)20-8-6-5-7-9-20)23(31-4)14-25(3)24(28)19-10-11-21-22(12-19)33-16-32-21/h5-12,17-18,23,27H,13-16H2,1-4H3/t17-,18+,23+/m1/s1. The largest absolute Gasteiger partial charge is 0.454 e. The first kappa shape index (κ1) is 26.0. The molecule has 1 N–H and O–H groups in total. The Balaban J connectivity index is 1.72. The van der Waals surface area contributed by atoms with Gasteiger partial charge in [0.05, 0.1) is 17.6 Å². The first-order chi connectivity index (χ1) is 16.2. The quantitative estimate of drug-likeness (QED) is 0.513. The topological polar surface area (TPSA) is 106 Å². The molecule has 0 bridgehead atoms. The number of hydrogen-bond donors (Lipinski definition) is 1. The van der Waals surface area contributed by atoms with Crippen LogP contribution in [0.2, 0.25) is 0 Å². The van der Waals surface area contributed by atoms with Crippen LogP contribution in [0.4, 0.5) is 0 Å². The summed E-state index contributed by atoms with van der Waals surface area (Å²) in [6.45, 7) is 3.69. The molecule has 2 aromatic carbocycles. The third kappa shape index (κ3) is 5.69. The molecule has 10 heteroatoms. The molecule has 2 aromatic rings. The second kappa shape index (κ2) is 11.2. The van der Waals surface area contributed by atoms with Crippen molar-refractivity contribution in [3.05, 3.63) is 54.1 Å². The van der Waals surface area contributed by atoms with Crippen molar-refractivity contribution in [2.24, 2.45) is 5.92 Å². The van der Waals surface area contributed by atoms with Crippen LogP contribution in [-0.2, 0) is 14.8 Å². The van der Waals surface area contributed by atoms with E-state index in [1.54, 1.807) is 50.4 Å². The van der Waals surface area contributed by atoms with Gasteiger partial charge in [0, 0.05) is 38.9 Å². The Morgan fingerprint density at radius 3 is 2.41 bits per heavy atom. The number of amides is 1. The molecule has 1 heterocycles. The van der Waals surface area contributed by atoms with Crippen LogP contribution in [0.1, 0.15) is 24.2 Å². The van der Waals surface area contributed by atoms with Crippen LogP contribution >= 0.6 is 0 Å². The van der Waals surface area contributed by atoms with Crippen molar-refractivity contribution in [2.75, 3.05) is 40.6 Å². The van der Waals surface area contributed by atoms with Gasteiger partial charge in [-0.1, -0.05) is 25.1 Å². The van der Waals surface area contributed by atoms with Gasteiger partial charge in [0.1, 0.15) is 0 Å². The van der Waals surface area contributed by atoms with Crippen molar-refractivity contribution in [3.63, 3.8) is 0 Å². The molecule has 9 nitrogen and oxygen atoms in total. The number of methoxy groups -OCH3 is 1. The molecular formula is C24H32N2O7S. The molecule has 186 valence electrons. The number of benzene rings is 2. The van der Waals surface area contributed by atoms with Gasteiger partial charge in [-0.15, -0.1) is 0 Å². The number of nitrogens with zero attached hydrogens (tertiary/aromatic N) is 2. The number of rotatable bonds is 11. The smallest absolute Gasteiger partial charge is 0.253 e. The minimum Gasteiger partial charge on any atom is -0.454 e. The van der Waals surface area contributed by atoms with E-state index >= 15 is 0 Å². The van der Waals surface area contributed by atoms with Gasteiger partial charge in [0.15, 0.2) is 11.5 Å². The Bertz CT molecular complexity index is 1080. The fourth-order valence-electron chi connectivity index (χ4n) is 3.82. The maximum atomic E-state index is 13.3. The van der Waals surface area contributed by atoms with Crippen molar-refractivity contribution in [1.29, 1.82) is 0 Å². The summed E-state index contributed by atoms with van der Waals surface area (Å²) in [6.07, 6.45) is -0.442. The zero-order valence-electron chi connectivity index (χ0n) is 19.9. The Hall–Kier alpha value is -2.66. The Morgan fingerprint density at radius 2 is 1.76 bits per heavy atom. The molecule has 0 fully saturated rings. The molecule has 3 rings (SSSR count). The number of carbonyl (C=O) groups excluding carboxylic acids is 1. The summed E-state index contributed by atoms with van der Waals surface area (Å²) in [5, 5.41) is 9.73. The first-order valence-electron chi connectivity index (χ1n) is 11.0. The lowest BCUT2D eigenvalue weighted by Crippen LogP contribution is -2.47. The van der Waals surface area contributed by atoms with Crippen molar-refractivity contribution in [1.82, 2.24) is 9.21 Å². The predicted molar refractivity (Wildman–Crippen MR) is 126 cm³/mol. The molecule has 0 aliphatic carbocycles. The van der Waals surface area contributed by atoms with Crippen LogP contribution in [-0.4, -0.2) is 81.4 Å². The minimum absolute atomic E-state index is 0.115. The maximum absolute atomic E-state index is 13.3. The molecule has 0 unspecified atom stereocenters. The van der Waals surface area contributed by atoms with Gasteiger partial charge in [-0.25, -0.2) is 8.42 Å². The van der Waals surface area contributed by atoms with E-state index in [0.717, 1.165) is 0 Å². The molecule has 0 radical (unpaired) electrons. The first-order valence-corrected chi connectivity index (χ1v) is 12.5. The van der Waals surface area contributed by atoms with Gasteiger partial charge in [0.2, 0.25) is 16.8 Å². The van der Waals surface area contributed by atoms with Gasteiger partial charge >= 0.3 is 0 Å². The summed E-state index contributed by atoms with van der Waals surface area (Å²) < 4.78 is 44.1. The highest BCUT2D eigenvalue weighted by Gasteiger charge is 2.33. The molecule has 0 aromatic heterocycles. The van der Waals surface area contributed by atoms with E-state index in [2.05, 4.69) is 0 Å². The second-order valence-corrected chi connectivity index (χ2v) is 10.3. The molecule has 0 saturated heterocycles. The van der Waals surface area contributed by atoms with Crippen molar-refractivity contribution in [2.45, 2.75) is 30.9 Å². The fourth-order valence-corrected chi connectivity index (χ4v) is 5.57. The van der Waals surface area contributed by atoms with Crippen LogP contribution in [0.5, 0.6) is 11.5 Å². The predicted octanol–water partition coefficient (Wildman–Crippen LogP) is 2.21. The molecule has 0 saturated carbocycles. The minimum atomic E-state index is -3.83. The summed E-state index contributed by atoms with van der Waals surface area (Å²) >= 11 is 0. The lowest BCUT2D eigenvalue weighted by Gasteiger charge is -2.33. The van der Waals surface area contributed by atoms with Gasteiger partial charge in [-0.3, -0.25) is 4.79 Å². The number of sulfonamides is 1. The number of carbonyl (C=O) groups is 1. The number of aliphatic hydroxyl groups is 1. The Labute approximate surface area is 200 Å². The molecule has 3 atom stereocenters. The van der Waals surface area contributed by atoms with E-state index in [4.69, 9.17) is 14.2 Å². The molecule has 0 spiro atoms. The Kier molecular flexibility index (Phi) is 8.53. The van der Waals surface area contributed by atoms with Crippen LogP contribution in [0.25, 0.3) is 0 Å². The fraction of sp³-hybridized carbons (Fsp3) is 0.458. The SMILES string of the molecule is CO[C@@H](CN(C)C(=O)c1ccc2c(c1)OCO2)[C@H](C)CN([C@@H](C)CO)S(=O)(=O)c1ccccc1. The van der Waals surface area contributed by atoms with Crippen LogP contribution < -0.4 is 9.47 Å². The van der Waals surface area contributed by atoms with E-state index in [9.17, 15) is 18.3 Å². The van der Waals surface area contributed by atoms with E-state index in [0.29, 0.717) is 17.1 Å². The van der Waals surface area contributed by atoms with Crippen LogP contribution in [0, 0.1) is 5.92 Å². The van der Waals surface area contributed by atoms with Crippen molar-refractivity contribution >= 4 is 15.9 Å². The van der Waals surface area contributed by atoms with E-state index in [-0.39, 0.29) is 43.2 Å². The van der Waals surface area contributed by atoms with E-state index < -0.39 is 22.2 Å². The highest BCUT2D eigenvalue weighted by atomic mass is 32.2. The highest BCUT2D eigenvalue weighted by molar-refractivity contribution is 7.89. The van der Waals surface area contributed by atoms with Crippen LogP contribution in [0.15, 0.2) is 53.4 Å². The van der Waals surface area contributed by atoms with Gasteiger partial charge in [-0.05, 0) is 43.2 Å². The summed E-state index contributed by atoms with van der Waals surface area (Å²) in [5.41, 5.74) is 0.455.